The molecule has 0 bridgehead atoms. The van der Waals surface area contributed by atoms with Crippen LogP contribution in [0.3, 0.4) is 0 Å². The Morgan fingerprint density at radius 3 is 2.33 bits per heavy atom. The van der Waals surface area contributed by atoms with Crippen molar-refractivity contribution in [1.82, 2.24) is 9.80 Å². The lowest BCUT2D eigenvalue weighted by Gasteiger charge is -2.35. The van der Waals surface area contributed by atoms with E-state index in [1.165, 1.54) is 6.42 Å². The number of benzene rings is 1. The van der Waals surface area contributed by atoms with Gasteiger partial charge in [0.1, 0.15) is 0 Å². The van der Waals surface area contributed by atoms with Gasteiger partial charge in [-0.05, 0) is 69.7 Å². The highest BCUT2D eigenvalue weighted by Gasteiger charge is 2.30. The lowest BCUT2D eigenvalue weighted by Crippen LogP contribution is -2.45. The van der Waals surface area contributed by atoms with E-state index in [4.69, 9.17) is 9.47 Å². The van der Waals surface area contributed by atoms with Gasteiger partial charge < -0.3 is 19.3 Å². The molecule has 2 fully saturated rings. The van der Waals surface area contributed by atoms with Crippen LogP contribution in [0.4, 0.5) is 0 Å². The fourth-order valence-corrected chi connectivity index (χ4v) is 4.13. The quantitative estimate of drug-likeness (QED) is 0.666. The number of amides is 2. The maximum absolute atomic E-state index is 12.7. The number of hydrogen-bond donors (Lipinski definition) is 0. The molecule has 0 radical (unpaired) electrons. The molecule has 2 aliphatic rings. The first-order valence-corrected chi connectivity index (χ1v) is 11.1. The third kappa shape index (κ3) is 5.77. The van der Waals surface area contributed by atoms with Gasteiger partial charge in [-0.25, -0.2) is 0 Å². The van der Waals surface area contributed by atoms with E-state index in [1.54, 1.807) is 19.3 Å². The number of methoxy groups -OCH3 is 1. The zero-order valence-electron chi connectivity index (χ0n) is 18.4. The van der Waals surface area contributed by atoms with Crippen molar-refractivity contribution in [1.29, 1.82) is 0 Å². The van der Waals surface area contributed by atoms with Gasteiger partial charge in [0.25, 0.3) is 0 Å². The molecule has 6 nitrogen and oxygen atoms in total. The van der Waals surface area contributed by atoms with Crippen molar-refractivity contribution in [3.8, 4) is 11.5 Å². The molecule has 0 saturated carbocycles. The molecule has 30 heavy (non-hydrogen) atoms. The number of piperidine rings is 2. The summed E-state index contributed by atoms with van der Waals surface area (Å²) < 4.78 is 11.1. The van der Waals surface area contributed by atoms with Gasteiger partial charge in [0, 0.05) is 38.2 Å². The van der Waals surface area contributed by atoms with Crippen LogP contribution in [-0.4, -0.2) is 61.0 Å². The summed E-state index contributed by atoms with van der Waals surface area (Å²) in [4.78, 5) is 29.1. The van der Waals surface area contributed by atoms with E-state index in [2.05, 4.69) is 0 Å². The maximum Gasteiger partial charge on any atom is 0.246 e. The minimum absolute atomic E-state index is 0.0136. The summed E-state index contributed by atoms with van der Waals surface area (Å²) in [7, 11) is 1.61. The summed E-state index contributed by atoms with van der Waals surface area (Å²) in [6.07, 6.45) is 8.43. The summed E-state index contributed by atoms with van der Waals surface area (Å²) in [5.41, 5.74) is 0.881. The van der Waals surface area contributed by atoms with Crippen LogP contribution in [0, 0.1) is 5.92 Å². The molecule has 2 saturated heterocycles. The van der Waals surface area contributed by atoms with Gasteiger partial charge in [0.15, 0.2) is 11.5 Å². The topological polar surface area (TPSA) is 59.1 Å². The molecule has 2 amide bonds. The van der Waals surface area contributed by atoms with E-state index < -0.39 is 0 Å². The normalized spacial score (nSPS) is 18.1. The third-order valence-corrected chi connectivity index (χ3v) is 5.79. The standard InChI is InChI=1S/C24H34N2O4/c1-18(2)30-21-9-7-19(17-22(21)29-3)8-10-23(27)25-15-11-20(12-16-25)24(28)26-13-5-4-6-14-26/h7-10,17-18,20H,4-6,11-16H2,1-3H3/b10-8+. The molecule has 2 aliphatic heterocycles. The molecule has 6 heteroatoms. The number of nitrogens with zero attached hydrogens (tertiary/aromatic N) is 2. The smallest absolute Gasteiger partial charge is 0.246 e. The average molecular weight is 415 g/mol. The second-order valence-electron chi connectivity index (χ2n) is 8.40. The Balaban J connectivity index is 1.53. The molecule has 3 rings (SSSR count). The van der Waals surface area contributed by atoms with Crippen LogP contribution in [0.1, 0.15) is 51.5 Å². The molecule has 0 aromatic heterocycles. The number of likely N-dealkylation sites (tertiary alicyclic amines) is 2. The van der Waals surface area contributed by atoms with Crippen molar-refractivity contribution in [3.05, 3.63) is 29.8 Å². The van der Waals surface area contributed by atoms with E-state index in [1.807, 2.05) is 41.8 Å². The van der Waals surface area contributed by atoms with Crippen molar-refractivity contribution >= 4 is 17.9 Å². The lowest BCUT2D eigenvalue weighted by atomic mass is 9.94. The number of hydrogen-bond acceptors (Lipinski definition) is 4. The van der Waals surface area contributed by atoms with Gasteiger partial charge in [-0.3, -0.25) is 9.59 Å². The molecule has 1 aromatic rings. The SMILES string of the molecule is COc1cc(/C=C/C(=O)N2CCC(C(=O)N3CCCCC3)CC2)ccc1OC(C)C. The molecule has 0 N–H and O–H groups in total. The average Bonchev–Trinajstić information content (AvgIpc) is 2.78. The Morgan fingerprint density at radius 2 is 1.70 bits per heavy atom. The van der Waals surface area contributed by atoms with Gasteiger partial charge in [0.2, 0.25) is 11.8 Å². The van der Waals surface area contributed by atoms with E-state index in [9.17, 15) is 9.59 Å². The zero-order chi connectivity index (χ0) is 21.5. The number of ether oxygens (including phenoxy) is 2. The van der Waals surface area contributed by atoms with Crippen LogP contribution >= 0.6 is 0 Å². The predicted octanol–water partition coefficient (Wildman–Crippen LogP) is 3.75. The number of carbonyl (C=O) groups excluding carboxylic acids is 2. The molecule has 0 spiro atoms. The number of carbonyl (C=O) groups is 2. The largest absolute Gasteiger partial charge is 0.493 e. The fraction of sp³-hybridized carbons (Fsp3) is 0.583. The molecule has 2 heterocycles. The molecule has 0 atom stereocenters. The Morgan fingerprint density at radius 1 is 1.00 bits per heavy atom. The molecule has 1 aromatic carbocycles. The second kappa shape index (κ2) is 10.5. The fourth-order valence-electron chi connectivity index (χ4n) is 4.13. The summed E-state index contributed by atoms with van der Waals surface area (Å²) in [5, 5.41) is 0. The van der Waals surface area contributed by atoms with Crippen LogP contribution in [0.2, 0.25) is 0 Å². The lowest BCUT2D eigenvalue weighted by molar-refractivity contribution is -0.140. The minimum atomic E-state index is -0.0136. The molecular formula is C24H34N2O4. The minimum Gasteiger partial charge on any atom is -0.493 e. The Bertz CT molecular complexity index is 760. The summed E-state index contributed by atoms with van der Waals surface area (Å²) in [5.74, 6) is 1.68. The van der Waals surface area contributed by atoms with Crippen LogP contribution in [0.5, 0.6) is 11.5 Å². The van der Waals surface area contributed by atoms with Crippen LogP contribution in [0.15, 0.2) is 24.3 Å². The van der Waals surface area contributed by atoms with Crippen LogP contribution < -0.4 is 9.47 Å². The summed E-state index contributed by atoms with van der Waals surface area (Å²) >= 11 is 0. The Labute approximate surface area is 179 Å². The highest BCUT2D eigenvalue weighted by Crippen LogP contribution is 2.29. The Kier molecular flexibility index (Phi) is 7.77. The van der Waals surface area contributed by atoms with Crippen molar-refractivity contribution in [3.63, 3.8) is 0 Å². The summed E-state index contributed by atoms with van der Waals surface area (Å²) in [6.45, 7) is 7.00. The first-order valence-electron chi connectivity index (χ1n) is 11.1. The first kappa shape index (κ1) is 22.2. The van der Waals surface area contributed by atoms with Gasteiger partial charge in [0.05, 0.1) is 13.2 Å². The van der Waals surface area contributed by atoms with Crippen molar-refractivity contribution in [2.45, 2.75) is 52.1 Å². The van der Waals surface area contributed by atoms with E-state index in [0.29, 0.717) is 24.6 Å². The maximum atomic E-state index is 12.7. The van der Waals surface area contributed by atoms with E-state index >= 15 is 0 Å². The number of rotatable bonds is 6. The second-order valence-corrected chi connectivity index (χ2v) is 8.40. The molecular weight excluding hydrogens is 380 g/mol. The van der Waals surface area contributed by atoms with Crippen LogP contribution in [-0.2, 0) is 9.59 Å². The first-order chi connectivity index (χ1) is 14.5. The van der Waals surface area contributed by atoms with Crippen LogP contribution in [0.25, 0.3) is 6.08 Å². The van der Waals surface area contributed by atoms with Gasteiger partial charge in [-0.1, -0.05) is 6.07 Å². The highest BCUT2D eigenvalue weighted by molar-refractivity contribution is 5.92. The van der Waals surface area contributed by atoms with Gasteiger partial charge >= 0.3 is 0 Å². The molecule has 0 aliphatic carbocycles. The van der Waals surface area contributed by atoms with E-state index in [-0.39, 0.29) is 23.8 Å². The van der Waals surface area contributed by atoms with Gasteiger partial charge in [-0.15, -0.1) is 0 Å². The zero-order valence-corrected chi connectivity index (χ0v) is 18.4. The highest BCUT2D eigenvalue weighted by atomic mass is 16.5. The van der Waals surface area contributed by atoms with Crippen molar-refractivity contribution < 1.29 is 19.1 Å². The third-order valence-electron chi connectivity index (χ3n) is 5.79. The van der Waals surface area contributed by atoms with Crippen molar-refractivity contribution in [2.75, 3.05) is 33.3 Å². The monoisotopic (exact) mass is 414 g/mol. The molecule has 164 valence electrons. The Hall–Kier alpha value is -2.50. The van der Waals surface area contributed by atoms with E-state index in [0.717, 1.165) is 44.3 Å². The summed E-state index contributed by atoms with van der Waals surface area (Å²) in [6, 6.07) is 5.64. The van der Waals surface area contributed by atoms with Gasteiger partial charge in [-0.2, -0.15) is 0 Å². The van der Waals surface area contributed by atoms with Crippen molar-refractivity contribution in [2.24, 2.45) is 5.92 Å². The predicted molar refractivity (Wildman–Crippen MR) is 118 cm³/mol. The molecule has 0 unspecified atom stereocenters.